The van der Waals surface area contributed by atoms with Gasteiger partial charge >= 0.3 is 0 Å². The average Bonchev–Trinajstić information content (AvgIpc) is 3.46. The van der Waals surface area contributed by atoms with Crippen molar-refractivity contribution in [2.75, 3.05) is 0 Å². The molecule has 126 valence electrons. The summed E-state index contributed by atoms with van der Waals surface area (Å²) in [7, 11) is 0. The van der Waals surface area contributed by atoms with Crippen molar-refractivity contribution in [3.05, 3.63) is 65.7 Å². The van der Waals surface area contributed by atoms with Crippen LogP contribution in [0.5, 0.6) is 5.75 Å². The Labute approximate surface area is 146 Å². The lowest BCUT2D eigenvalue weighted by Crippen LogP contribution is -2.24. The minimum atomic E-state index is 0.362. The largest absolute Gasteiger partial charge is 0.490 e. The van der Waals surface area contributed by atoms with Gasteiger partial charge in [-0.2, -0.15) is 0 Å². The topological polar surface area (TPSA) is 9.23 Å². The fourth-order valence-electron chi connectivity index (χ4n) is 3.98. The van der Waals surface area contributed by atoms with Crippen LogP contribution in [0.2, 0.25) is 0 Å². The first-order chi connectivity index (χ1) is 11.9. The highest BCUT2D eigenvalue weighted by Crippen LogP contribution is 2.36. The van der Waals surface area contributed by atoms with Crippen molar-refractivity contribution >= 4 is 0 Å². The summed E-state index contributed by atoms with van der Waals surface area (Å²) in [5.41, 5.74) is 3.02. The van der Waals surface area contributed by atoms with Crippen LogP contribution in [0.4, 0.5) is 0 Å². The van der Waals surface area contributed by atoms with Crippen LogP contribution in [0.3, 0.4) is 0 Å². The molecule has 2 aromatic carbocycles. The number of benzene rings is 2. The van der Waals surface area contributed by atoms with Gasteiger partial charge in [-0.1, -0.05) is 55.3 Å². The van der Waals surface area contributed by atoms with Gasteiger partial charge in [-0.25, -0.2) is 0 Å². The Morgan fingerprint density at radius 1 is 0.833 bits per heavy atom. The van der Waals surface area contributed by atoms with Crippen molar-refractivity contribution in [3.8, 4) is 5.75 Å². The van der Waals surface area contributed by atoms with Crippen LogP contribution in [0.25, 0.3) is 0 Å². The molecule has 0 bridgehead atoms. The normalized spacial score (nSPS) is 23.8. The van der Waals surface area contributed by atoms with Crippen molar-refractivity contribution in [2.24, 2.45) is 5.92 Å². The van der Waals surface area contributed by atoms with E-state index in [1.165, 1.54) is 56.1 Å². The fraction of sp³-hybridized carbons (Fsp3) is 0.478. The van der Waals surface area contributed by atoms with E-state index in [0.717, 1.165) is 18.1 Å². The van der Waals surface area contributed by atoms with Gasteiger partial charge in [0.05, 0.1) is 6.10 Å². The van der Waals surface area contributed by atoms with Crippen LogP contribution >= 0.6 is 0 Å². The molecule has 0 saturated heterocycles. The zero-order chi connectivity index (χ0) is 16.2. The predicted molar refractivity (Wildman–Crippen MR) is 99.6 cm³/mol. The van der Waals surface area contributed by atoms with Crippen LogP contribution in [0.1, 0.15) is 62.0 Å². The summed E-state index contributed by atoms with van der Waals surface area (Å²) >= 11 is 0. The molecule has 0 heterocycles. The SMILES string of the molecule is c1ccc(O[C@@H]2CCC[C@H](c3ccc(CCC4CC4)cc3)C2)cc1. The van der Waals surface area contributed by atoms with Gasteiger partial charge in [0.25, 0.3) is 0 Å². The van der Waals surface area contributed by atoms with Gasteiger partial charge < -0.3 is 4.74 Å². The molecule has 0 radical (unpaired) electrons. The first kappa shape index (κ1) is 15.7. The standard InChI is InChI=1S/C23H28O/c1-2-6-22(7-3-1)24-23-8-4-5-21(17-23)20-15-13-19(14-16-20)12-11-18-9-10-18/h1-3,6-7,13-16,18,21,23H,4-5,8-12,17H2/t21-,23+/m0/s1. The van der Waals surface area contributed by atoms with E-state index >= 15 is 0 Å². The second-order valence-electron chi connectivity index (χ2n) is 7.64. The molecule has 2 fully saturated rings. The van der Waals surface area contributed by atoms with Gasteiger partial charge in [0.1, 0.15) is 5.75 Å². The molecule has 2 atom stereocenters. The summed E-state index contributed by atoms with van der Waals surface area (Å²) in [4.78, 5) is 0. The molecule has 0 unspecified atom stereocenters. The van der Waals surface area contributed by atoms with E-state index in [-0.39, 0.29) is 0 Å². The Balaban J connectivity index is 1.34. The number of hydrogen-bond acceptors (Lipinski definition) is 1. The maximum absolute atomic E-state index is 6.20. The van der Waals surface area contributed by atoms with Crippen LogP contribution < -0.4 is 4.74 Å². The molecule has 1 heteroatoms. The monoisotopic (exact) mass is 320 g/mol. The van der Waals surface area contributed by atoms with Crippen LogP contribution in [-0.2, 0) is 6.42 Å². The Kier molecular flexibility index (Phi) is 4.87. The Morgan fingerprint density at radius 2 is 1.62 bits per heavy atom. The molecule has 0 aromatic heterocycles. The van der Waals surface area contributed by atoms with Gasteiger partial charge in [0, 0.05) is 0 Å². The molecule has 0 N–H and O–H groups in total. The molecule has 2 aliphatic rings. The minimum Gasteiger partial charge on any atom is -0.490 e. The van der Waals surface area contributed by atoms with Crippen molar-refractivity contribution in [2.45, 2.75) is 63.4 Å². The van der Waals surface area contributed by atoms with E-state index in [1.807, 2.05) is 6.07 Å². The molecule has 0 spiro atoms. The molecular formula is C23H28O. The quantitative estimate of drug-likeness (QED) is 0.621. The van der Waals surface area contributed by atoms with Crippen LogP contribution in [-0.4, -0.2) is 6.10 Å². The molecule has 24 heavy (non-hydrogen) atoms. The number of ether oxygens (including phenoxy) is 1. The first-order valence-electron chi connectivity index (χ1n) is 9.67. The van der Waals surface area contributed by atoms with E-state index < -0.39 is 0 Å². The van der Waals surface area contributed by atoms with E-state index in [1.54, 1.807) is 0 Å². The summed E-state index contributed by atoms with van der Waals surface area (Å²) in [5, 5.41) is 0. The van der Waals surface area contributed by atoms with Gasteiger partial charge in [0.2, 0.25) is 0 Å². The van der Waals surface area contributed by atoms with E-state index in [2.05, 4.69) is 48.5 Å². The van der Waals surface area contributed by atoms with Crippen molar-refractivity contribution in [1.29, 1.82) is 0 Å². The highest BCUT2D eigenvalue weighted by molar-refractivity contribution is 5.27. The lowest BCUT2D eigenvalue weighted by atomic mass is 9.82. The number of hydrogen-bond donors (Lipinski definition) is 0. The van der Waals surface area contributed by atoms with E-state index in [9.17, 15) is 0 Å². The molecule has 1 nitrogen and oxygen atoms in total. The summed E-state index contributed by atoms with van der Waals surface area (Å²) in [5.74, 6) is 2.70. The zero-order valence-electron chi connectivity index (χ0n) is 14.5. The summed E-state index contributed by atoms with van der Waals surface area (Å²) < 4.78 is 6.20. The Morgan fingerprint density at radius 3 is 2.38 bits per heavy atom. The van der Waals surface area contributed by atoms with Gasteiger partial charge in [0.15, 0.2) is 0 Å². The maximum Gasteiger partial charge on any atom is 0.119 e. The smallest absolute Gasteiger partial charge is 0.119 e. The van der Waals surface area contributed by atoms with Crippen LogP contribution in [0.15, 0.2) is 54.6 Å². The average molecular weight is 320 g/mol. The predicted octanol–water partition coefficient (Wildman–Crippen LogP) is 6.13. The van der Waals surface area contributed by atoms with Gasteiger partial charge in [-0.3, -0.25) is 0 Å². The molecular weight excluding hydrogens is 292 g/mol. The van der Waals surface area contributed by atoms with Crippen LogP contribution in [0, 0.1) is 5.92 Å². The van der Waals surface area contributed by atoms with E-state index in [0.29, 0.717) is 12.0 Å². The Hall–Kier alpha value is -1.76. The minimum absolute atomic E-state index is 0.362. The van der Waals surface area contributed by atoms with Gasteiger partial charge in [-0.15, -0.1) is 0 Å². The second kappa shape index (κ2) is 7.42. The molecule has 2 aliphatic carbocycles. The maximum atomic E-state index is 6.20. The lowest BCUT2D eigenvalue weighted by Gasteiger charge is -2.30. The zero-order valence-corrected chi connectivity index (χ0v) is 14.5. The fourth-order valence-corrected chi connectivity index (χ4v) is 3.98. The molecule has 4 rings (SSSR count). The number of aryl methyl sites for hydroxylation is 1. The summed E-state index contributed by atoms with van der Waals surface area (Å²) in [6.07, 6.45) is 10.8. The van der Waals surface area contributed by atoms with E-state index in [4.69, 9.17) is 4.74 Å². The third kappa shape index (κ3) is 4.20. The van der Waals surface area contributed by atoms with Crippen molar-refractivity contribution in [3.63, 3.8) is 0 Å². The molecule has 2 saturated carbocycles. The molecule has 2 aromatic rings. The first-order valence-corrected chi connectivity index (χ1v) is 9.67. The van der Waals surface area contributed by atoms with Crippen molar-refractivity contribution in [1.82, 2.24) is 0 Å². The second-order valence-corrected chi connectivity index (χ2v) is 7.64. The third-order valence-corrected chi connectivity index (χ3v) is 5.66. The Bertz CT molecular complexity index is 627. The van der Waals surface area contributed by atoms with Gasteiger partial charge in [-0.05, 0) is 73.6 Å². The highest BCUT2D eigenvalue weighted by atomic mass is 16.5. The number of rotatable bonds is 6. The molecule has 0 aliphatic heterocycles. The number of para-hydroxylation sites is 1. The molecule has 0 amide bonds. The third-order valence-electron chi connectivity index (χ3n) is 5.66. The summed E-state index contributed by atoms with van der Waals surface area (Å²) in [6, 6.07) is 19.7. The summed E-state index contributed by atoms with van der Waals surface area (Å²) in [6.45, 7) is 0. The lowest BCUT2D eigenvalue weighted by molar-refractivity contribution is 0.143. The highest BCUT2D eigenvalue weighted by Gasteiger charge is 2.25. The van der Waals surface area contributed by atoms with Crippen molar-refractivity contribution < 1.29 is 4.74 Å².